The Balaban J connectivity index is 2.45. The number of hydrogen-bond acceptors (Lipinski definition) is 5. The van der Waals surface area contributed by atoms with Gasteiger partial charge in [0.2, 0.25) is 5.89 Å². The topological polar surface area (TPSA) is 68.2 Å². The molecule has 0 saturated carbocycles. The van der Waals surface area contributed by atoms with Gasteiger partial charge in [0.05, 0.1) is 6.54 Å². The molecule has 15 heavy (non-hydrogen) atoms. The molecule has 0 aromatic carbocycles. The summed E-state index contributed by atoms with van der Waals surface area (Å²) in [6, 6.07) is 0.127. The number of nitrogens with zero attached hydrogens (tertiary/aromatic N) is 3. The first-order valence-electron chi connectivity index (χ1n) is 5.33. The van der Waals surface area contributed by atoms with Gasteiger partial charge in [-0.3, -0.25) is 0 Å². The monoisotopic (exact) mass is 212 g/mol. The van der Waals surface area contributed by atoms with Crippen molar-refractivity contribution in [2.45, 2.75) is 38.8 Å². The van der Waals surface area contributed by atoms with Gasteiger partial charge in [-0.2, -0.15) is 4.98 Å². The third-order valence-electron chi connectivity index (χ3n) is 2.06. The van der Waals surface area contributed by atoms with E-state index in [2.05, 4.69) is 17.1 Å². The first-order valence-corrected chi connectivity index (χ1v) is 5.33. The Hall–Kier alpha value is -0.940. The number of aromatic nitrogens is 2. The zero-order chi connectivity index (χ0) is 11.3. The molecule has 0 aliphatic heterocycles. The lowest BCUT2D eigenvalue weighted by molar-refractivity contribution is 0.343. The Kier molecular flexibility index (Phi) is 4.71. The van der Waals surface area contributed by atoms with Crippen molar-refractivity contribution in [1.29, 1.82) is 0 Å². The van der Waals surface area contributed by atoms with E-state index in [-0.39, 0.29) is 6.04 Å². The van der Waals surface area contributed by atoms with Gasteiger partial charge in [-0.05, 0) is 20.5 Å². The van der Waals surface area contributed by atoms with Crippen LogP contribution in [0.25, 0.3) is 0 Å². The summed E-state index contributed by atoms with van der Waals surface area (Å²) in [5, 5.41) is 3.89. The average Bonchev–Trinajstić information content (AvgIpc) is 2.51. The molecule has 0 fully saturated rings. The zero-order valence-corrected chi connectivity index (χ0v) is 9.73. The second-order valence-electron chi connectivity index (χ2n) is 4.10. The molecular weight excluding hydrogens is 192 g/mol. The summed E-state index contributed by atoms with van der Waals surface area (Å²) in [6.07, 6.45) is 2.75. The summed E-state index contributed by atoms with van der Waals surface area (Å²) in [7, 11) is 3.94. The molecule has 1 unspecified atom stereocenters. The van der Waals surface area contributed by atoms with Gasteiger partial charge in [-0.25, -0.2) is 0 Å². The molecule has 2 N–H and O–H groups in total. The van der Waals surface area contributed by atoms with Crippen molar-refractivity contribution in [2.24, 2.45) is 5.73 Å². The zero-order valence-electron chi connectivity index (χ0n) is 9.73. The lowest BCUT2D eigenvalue weighted by atomic mass is 10.1. The van der Waals surface area contributed by atoms with E-state index < -0.39 is 0 Å². The lowest BCUT2D eigenvalue weighted by Crippen LogP contribution is -2.22. The molecule has 0 saturated heterocycles. The minimum atomic E-state index is 0.127. The number of nitrogens with two attached hydrogens (primary N) is 1. The highest BCUT2D eigenvalue weighted by atomic mass is 16.5. The predicted octanol–water partition coefficient (Wildman–Crippen LogP) is 0.801. The Morgan fingerprint density at radius 2 is 2.20 bits per heavy atom. The summed E-state index contributed by atoms with van der Waals surface area (Å²) in [5.74, 6) is 1.37. The molecule has 86 valence electrons. The van der Waals surface area contributed by atoms with E-state index in [1.165, 1.54) is 0 Å². The highest BCUT2D eigenvalue weighted by Gasteiger charge is 2.10. The van der Waals surface area contributed by atoms with E-state index in [0.717, 1.165) is 18.7 Å². The summed E-state index contributed by atoms with van der Waals surface area (Å²) >= 11 is 0. The summed E-state index contributed by atoms with van der Waals surface area (Å²) in [5.41, 5.74) is 5.89. The van der Waals surface area contributed by atoms with Crippen LogP contribution in [0, 0.1) is 0 Å². The van der Waals surface area contributed by atoms with Gasteiger partial charge in [0.1, 0.15) is 0 Å². The number of rotatable bonds is 6. The van der Waals surface area contributed by atoms with Gasteiger partial charge in [0.15, 0.2) is 5.82 Å². The van der Waals surface area contributed by atoms with Crippen molar-refractivity contribution < 1.29 is 4.52 Å². The van der Waals surface area contributed by atoms with Crippen LogP contribution in [0.3, 0.4) is 0 Å². The molecule has 0 amide bonds. The van der Waals surface area contributed by atoms with Crippen LogP contribution in [-0.2, 0) is 13.0 Å². The van der Waals surface area contributed by atoms with Crippen LogP contribution in [0.15, 0.2) is 4.52 Å². The van der Waals surface area contributed by atoms with Crippen LogP contribution >= 0.6 is 0 Å². The van der Waals surface area contributed by atoms with Gasteiger partial charge in [-0.1, -0.05) is 18.5 Å². The quantitative estimate of drug-likeness (QED) is 0.755. The minimum absolute atomic E-state index is 0.127. The fourth-order valence-electron chi connectivity index (χ4n) is 1.42. The summed E-state index contributed by atoms with van der Waals surface area (Å²) < 4.78 is 5.11. The summed E-state index contributed by atoms with van der Waals surface area (Å²) in [6.45, 7) is 2.82. The van der Waals surface area contributed by atoms with Crippen LogP contribution in [0.1, 0.15) is 31.5 Å². The molecule has 1 aromatic heterocycles. The highest BCUT2D eigenvalue weighted by molar-refractivity contribution is 4.88. The average molecular weight is 212 g/mol. The molecule has 1 atom stereocenters. The van der Waals surface area contributed by atoms with Crippen LogP contribution in [-0.4, -0.2) is 35.2 Å². The van der Waals surface area contributed by atoms with Crippen molar-refractivity contribution in [3.8, 4) is 0 Å². The predicted molar refractivity (Wildman–Crippen MR) is 58.3 cm³/mol. The standard InChI is InChI=1S/C10H20N4O/c1-4-5-8(11)6-10-12-9(13-15-10)7-14(2)3/h8H,4-7,11H2,1-3H3. The fourth-order valence-corrected chi connectivity index (χ4v) is 1.42. The smallest absolute Gasteiger partial charge is 0.228 e. The highest BCUT2D eigenvalue weighted by Crippen LogP contribution is 2.04. The first kappa shape index (κ1) is 12.1. The van der Waals surface area contributed by atoms with Crippen molar-refractivity contribution in [2.75, 3.05) is 14.1 Å². The van der Waals surface area contributed by atoms with Crippen LogP contribution in [0.4, 0.5) is 0 Å². The molecule has 1 rings (SSSR count). The van der Waals surface area contributed by atoms with Gasteiger partial charge < -0.3 is 15.2 Å². The molecule has 1 heterocycles. The van der Waals surface area contributed by atoms with Gasteiger partial charge >= 0.3 is 0 Å². The minimum Gasteiger partial charge on any atom is -0.339 e. The van der Waals surface area contributed by atoms with Crippen molar-refractivity contribution in [1.82, 2.24) is 15.0 Å². The van der Waals surface area contributed by atoms with Crippen LogP contribution in [0.2, 0.25) is 0 Å². The lowest BCUT2D eigenvalue weighted by Gasteiger charge is -2.05. The SMILES string of the molecule is CCCC(N)Cc1nc(CN(C)C)no1. The van der Waals surface area contributed by atoms with Crippen molar-refractivity contribution in [3.63, 3.8) is 0 Å². The van der Waals surface area contributed by atoms with Crippen LogP contribution in [0.5, 0.6) is 0 Å². The Labute approximate surface area is 90.6 Å². The number of hydrogen-bond donors (Lipinski definition) is 1. The largest absolute Gasteiger partial charge is 0.339 e. The molecule has 0 radical (unpaired) electrons. The molecule has 0 aliphatic rings. The second kappa shape index (κ2) is 5.82. The van der Waals surface area contributed by atoms with E-state index in [4.69, 9.17) is 10.3 Å². The van der Waals surface area contributed by atoms with Gasteiger partial charge in [0, 0.05) is 12.5 Å². The molecule has 0 bridgehead atoms. The maximum Gasteiger partial charge on any atom is 0.228 e. The van der Waals surface area contributed by atoms with Gasteiger partial charge in [-0.15, -0.1) is 0 Å². The Morgan fingerprint density at radius 1 is 1.47 bits per heavy atom. The van der Waals surface area contributed by atoms with E-state index in [0.29, 0.717) is 18.9 Å². The molecular formula is C10H20N4O. The van der Waals surface area contributed by atoms with Crippen molar-refractivity contribution >= 4 is 0 Å². The summed E-state index contributed by atoms with van der Waals surface area (Å²) in [4.78, 5) is 6.27. The van der Waals surface area contributed by atoms with E-state index >= 15 is 0 Å². The molecule has 5 nitrogen and oxygen atoms in total. The third-order valence-corrected chi connectivity index (χ3v) is 2.06. The normalized spacial score (nSPS) is 13.4. The Bertz CT molecular complexity index is 285. The van der Waals surface area contributed by atoms with E-state index in [9.17, 15) is 0 Å². The first-order chi connectivity index (χ1) is 7.11. The molecule has 5 heteroatoms. The van der Waals surface area contributed by atoms with Crippen molar-refractivity contribution in [3.05, 3.63) is 11.7 Å². The maximum atomic E-state index is 5.89. The molecule has 1 aromatic rings. The fraction of sp³-hybridized carbons (Fsp3) is 0.800. The second-order valence-corrected chi connectivity index (χ2v) is 4.10. The van der Waals surface area contributed by atoms with Gasteiger partial charge in [0.25, 0.3) is 0 Å². The molecule has 0 aliphatic carbocycles. The molecule has 0 spiro atoms. The Morgan fingerprint density at radius 3 is 2.80 bits per heavy atom. The van der Waals surface area contributed by atoms with E-state index in [1.807, 2.05) is 19.0 Å². The maximum absolute atomic E-state index is 5.89. The third kappa shape index (κ3) is 4.40. The van der Waals surface area contributed by atoms with E-state index in [1.54, 1.807) is 0 Å². The van der Waals surface area contributed by atoms with Crippen LogP contribution < -0.4 is 5.73 Å².